The van der Waals surface area contributed by atoms with Crippen LogP contribution in [0.3, 0.4) is 0 Å². The predicted molar refractivity (Wildman–Crippen MR) is 262 cm³/mol. The van der Waals surface area contributed by atoms with Crippen LogP contribution in [0.4, 0.5) is 0 Å². The third-order valence-corrected chi connectivity index (χ3v) is 13.0. The largest absolute Gasteiger partial charge is 0.372 e. The predicted octanol–water partition coefficient (Wildman–Crippen LogP) is 13.7. The molecule has 0 unspecified atom stereocenters. The fraction of sp³-hybridized carbons (Fsp3) is 0.186. The zero-order valence-corrected chi connectivity index (χ0v) is 37.5. The minimum absolute atomic E-state index is 0.0574. The van der Waals surface area contributed by atoms with Gasteiger partial charge in [-0.2, -0.15) is 0 Å². The molecular weight excluding hydrogens is 781 g/mol. The normalized spacial score (nSPS) is 13.0. The van der Waals surface area contributed by atoms with Gasteiger partial charge < -0.3 is 4.74 Å². The van der Waals surface area contributed by atoms with E-state index in [2.05, 4.69) is 225 Å². The van der Waals surface area contributed by atoms with Crippen molar-refractivity contribution in [2.24, 2.45) is 0 Å². The molecule has 1 aliphatic heterocycles. The lowest BCUT2D eigenvalue weighted by Crippen LogP contribution is -2.31. The van der Waals surface area contributed by atoms with Gasteiger partial charge in [0, 0.05) is 22.5 Å². The summed E-state index contributed by atoms with van der Waals surface area (Å²) >= 11 is 0. The van der Waals surface area contributed by atoms with Gasteiger partial charge in [-0.1, -0.05) is 175 Å². The van der Waals surface area contributed by atoms with Crippen LogP contribution in [0.5, 0.6) is 0 Å². The maximum Gasteiger partial charge on any atom is 0.269 e. The summed E-state index contributed by atoms with van der Waals surface area (Å²) in [6, 6.07) is 60.2. The second kappa shape index (κ2) is 15.3. The Kier molecular flexibility index (Phi) is 9.52. The highest BCUT2D eigenvalue weighted by molar-refractivity contribution is 6.09. The molecule has 0 saturated carbocycles. The van der Waals surface area contributed by atoms with E-state index in [4.69, 9.17) is 9.72 Å². The van der Waals surface area contributed by atoms with Crippen molar-refractivity contribution in [3.8, 4) is 39.4 Å². The summed E-state index contributed by atoms with van der Waals surface area (Å²) < 4.78 is 12.6. The molecule has 0 bridgehead atoms. The minimum Gasteiger partial charge on any atom is -0.372 e. The molecule has 0 aliphatic carbocycles. The molecule has 0 spiro atoms. The summed E-state index contributed by atoms with van der Waals surface area (Å²) in [5, 5.41) is 2.45. The first kappa shape index (κ1) is 39.7. The highest BCUT2D eigenvalue weighted by Gasteiger charge is 2.25. The summed E-state index contributed by atoms with van der Waals surface area (Å²) in [5.41, 5.74) is 18.9. The molecule has 10 aromatic rings. The van der Waals surface area contributed by atoms with E-state index in [1.165, 1.54) is 60.8 Å². The van der Waals surface area contributed by atoms with Gasteiger partial charge in [0.25, 0.3) is 6.33 Å². The first-order valence-electron chi connectivity index (χ1n) is 22.5. The molecule has 0 fully saturated rings. The fourth-order valence-corrected chi connectivity index (χ4v) is 9.76. The number of nitrogens with zero attached hydrogens (tertiary/aromatic N) is 4. The number of imidazole rings is 1. The number of rotatable bonds is 7. The van der Waals surface area contributed by atoms with Crippen LogP contribution in [-0.4, -0.2) is 14.1 Å². The minimum atomic E-state index is -0.0595. The first-order valence-corrected chi connectivity index (χ1v) is 22.5. The maximum atomic E-state index is 5.76. The lowest BCUT2D eigenvalue weighted by atomic mass is 9.81. The molecule has 0 N–H and O–H groups in total. The Bertz CT molecular complexity index is 3410. The van der Waals surface area contributed by atoms with Crippen molar-refractivity contribution in [1.82, 2.24) is 14.1 Å². The Morgan fingerprint density at radius 1 is 0.578 bits per heavy atom. The number of pyridine rings is 1. The average Bonchev–Trinajstić information content (AvgIpc) is 4.02. The number of para-hydroxylation sites is 4. The van der Waals surface area contributed by atoms with Gasteiger partial charge >= 0.3 is 0 Å². The monoisotopic (exact) mass is 832 g/mol. The van der Waals surface area contributed by atoms with E-state index in [-0.39, 0.29) is 10.8 Å². The van der Waals surface area contributed by atoms with Crippen LogP contribution in [-0.2, 0) is 35.2 Å². The van der Waals surface area contributed by atoms with E-state index in [0.29, 0.717) is 13.2 Å². The molecule has 7 aromatic carbocycles. The summed E-state index contributed by atoms with van der Waals surface area (Å²) in [4.78, 5) is 4.95. The number of ether oxygens (including phenoxy) is 1. The third kappa shape index (κ3) is 6.92. The molecule has 64 heavy (non-hydrogen) atoms. The van der Waals surface area contributed by atoms with E-state index in [0.717, 1.165) is 51.2 Å². The number of aromatic nitrogens is 4. The van der Waals surface area contributed by atoms with Crippen LogP contribution in [0.25, 0.3) is 72.3 Å². The molecule has 0 saturated heterocycles. The number of fused-ring (bicyclic) bond motifs is 5. The van der Waals surface area contributed by atoms with Gasteiger partial charge in [0.2, 0.25) is 0 Å². The van der Waals surface area contributed by atoms with E-state index in [9.17, 15) is 0 Å². The topological polar surface area (TPSA) is 35.9 Å². The van der Waals surface area contributed by atoms with Crippen molar-refractivity contribution in [2.75, 3.05) is 0 Å². The zero-order chi connectivity index (χ0) is 43.7. The van der Waals surface area contributed by atoms with E-state index in [1.807, 2.05) is 6.20 Å². The SMILES string of the molecule is CC(C)(C)c1ccc(-c2cccc(-c3ccccc3C(C)(C)C)c2-[n+]2[c-]n(-c3cccc(Cc4ccc5c6ccccc6n(-c6cc7c(cn6)COC7)c5c4)c3)c3ccccc32)cc1. The Labute approximate surface area is 375 Å². The van der Waals surface area contributed by atoms with Gasteiger partial charge in [0.15, 0.2) is 0 Å². The third-order valence-electron chi connectivity index (χ3n) is 13.0. The van der Waals surface area contributed by atoms with Crippen molar-refractivity contribution >= 4 is 32.8 Å². The molecule has 0 radical (unpaired) electrons. The van der Waals surface area contributed by atoms with Crippen LogP contribution < -0.4 is 4.57 Å². The molecule has 4 heterocycles. The number of benzene rings is 7. The van der Waals surface area contributed by atoms with Crippen molar-refractivity contribution in [2.45, 2.75) is 72.0 Å². The van der Waals surface area contributed by atoms with Crippen LogP contribution in [0.1, 0.15) is 74.9 Å². The summed E-state index contributed by atoms with van der Waals surface area (Å²) in [7, 11) is 0. The lowest BCUT2D eigenvalue weighted by Gasteiger charge is -2.25. The van der Waals surface area contributed by atoms with Crippen LogP contribution in [0.15, 0.2) is 170 Å². The quantitative estimate of drug-likeness (QED) is 0.118. The Morgan fingerprint density at radius 3 is 2.09 bits per heavy atom. The number of hydrogen-bond donors (Lipinski definition) is 0. The molecule has 5 heteroatoms. The molecule has 314 valence electrons. The molecule has 0 atom stereocenters. The lowest BCUT2D eigenvalue weighted by molar-refractivity contribution is -0.571. The van der Waals surface area contributed by atoms with Gasteiger partial charge in [-0.3, -0.25) is 13.7 Å². The zero-order valence-electron chi connectivity index (χ0n) is 37.5. The van der Waals surface area contributed by atoms with Crippen molar-refractivity contribution in [3.63, 3.8) is 0 Å². The average molecular weight is 833 g/mol. The van der Waals surface area contributed by atoms with Crippen LogP contribution in [0, 0.1) is 6.33 Å². The smallest absolute Gasteiger partial charge is 0.269 e. The molecule has 5 nitrogen and oxygen atoms in total. The Hall–Kier alpha value is -7.08. The second-order valence-electron chi connectivity index (χ2n) is 19.4. The summed E-state index contributed by atoms with van der Waals surface area (Å²) in [5.74, 6) is 0.923. The molecule has 3 aromatic heterocycles. The first-order chi connectivity index (χ1) is 31.0. The maximum absolute atomic E-state index is 5.76. The van der Waals surface area contributed by atoms with Crippen molar-refractivity contribution in [1.29, 1.82) is 0 Å². The molecule has 1 aliphatic rings. The Morgan fingerprint density at radius 2 is 1.27 bits per heavy atom. The highest BCUT2D eigenvalue weighted by atomic mass is 16.5. The van der Waals surface area contributed by atoms with E-state index in [1.54, 1.807) is 0 Å². The second-order valence-corrected chi connectivity index (χ2v) is 19.4. The standard InChI is InChI=1S/C59H52N4O/c1-58(2,3)44-28-26-41(27-29-44)46-19-14-20-50(47-17-7-9-21-51(47)59(4,5)6)57(46)62-38-61(53-23-11-12-24-54(53)62)45-16-13-15-39(32-45)31-40-25-30-49-48-18-8-10-22-52(48)63(55(49)33-40)56-34-42-36-64-37-43(42)35-60-56/h7-30,32-35H,31,36-37H2,1-6H3. The van der Waals surface area contributed by atoms with E-state index < -0.39 is 0 Å². The van der Waals surface area contributed by atoms with Gasteiger partial charge in [-0.25, -0.2) is 4.98 Å². The van der Waals surface area contributed by atoms with Crippen molar-refractivity contribution in [3.05, 3.63) is 210 Å². The Balaban J connectivity index is 1.04. The molecule has 0 amide bonds. The van der Waals surface area contributed by atoms with Crippen LogP contribution in [0.2, 0.25) is 0 Å². The van der Waals surface area contributed by atoms with Gasteiger partial charge in [0.1, 0.15) is 5.82 Å². The summed E-state index contributed by atoms with van der Waals surface area (Å²) in [6.07, 6.45) is 6.68. The van der Waals surface area contributed by atoms with Gasteiger partial charge in [-0.15, -0.1) is 0 Å². The summed E-state index contributed by atoms with van der Waals surface area (Å²) in [6.45, 7) is 15.0. The van der Waals surface area contributed by atoms with Gasteiger partial charge in [0.05, 0.1) is 46.7 Å². The molecular formula is C59H52N4O. The van der Waals surface area contributed by atoms with Crippen LogP contribution >= 0.6 is 0 Å². The highest BCUT2D eigenvalue weighted by Crippen LogP contribution is 2.40. The van der Waals surface area contributed by atoms with Gasteiger partial charge in [-0.05, 0) is 97.7 Å². The number of hydrogen-bond acceptors (Lipinski definition) is 2. The molecule has 11 rings (SSSR count). The van der Waals surface area contributed by atoms with E-state index >= 15 is 0 Å². The van der Waals surface area contributed by atoms with Crippen molar-refractivity contribution < 1.29 is 9.30 Å². The fourth-order valence-electron chi connectivity index (χ4n) is 9.76.